The highest BCUT2D eigenvalue weighted by molar-refractivity contribution is 7.89. The van der Waals surface area contributed by atoms with Gasteiger partial charge in [-0.1, -0.05) is 18.2 Å². The first-order valence-electron chi connectivity index (χ1n) is 14.9. The number of hydrogen-bond donors (Lipinski definition) is 2. The van der Waals surface area contributed by atoms with Gasteiger partial charge in [0.1, 0.15) is 11.9 Å². The van der Waals surface area contributed by atoms with Crippen molar-refractivity contribution in [2.75, 3.05) is 32.6 Å². The zero-order valence-corrected chi connectivity index (χ0v) is 26.9. The molecule has 3 aromatic carbocycles. The van der Waals surface area contributed by atoms with Crippen LogP contribution in [0.3, 0.4) is 0 Å². The number of ether oxygens (including phenoxy) is 2. The van der Waals surface area contributed by atoms with Crippen LogP contribution in [0.2, 0.25) is 0 Å². The van der Waals surface area contributed by atoms with Gasteiger partial charge in [-0.3, -0.25) is 4.79 Å². The second kappa shape index (κ2) is 14.6. The van der Waals surface area contributed by atoms with E-state index in [2.05, 4.69) is 20.6 Å². The number of halogens is 4. The highest BCUT2D eigenvalue weighted by Gasteiger charge is 2.39. The predicted molar refractivity (Wildman–Crippen MR) is 169 cm³/mol. The minimum Gasteiger partial charge on any atom is -0.493 e. The minimum absolute atomic E-state index is 0.111. The van der Waals surface area contributed by atoms with Gasteiger partial charge in [0.05, 0.1) is 42.6 Å². The van der Waals surface area contributed by atoms with E-state index in [0.717, 1.165) is 46.3 Å². The van der Waals surface area contributed by atoms with E-state index in [4.69, 9.17) is 9.47 Å². The van der Waals surface area contributed by atoms with Gasteiger partial charge < -0.3 is 20.1 Å². The normalized spacial score (nSPS) is 15.2. The van der Waals surface area contributed by atoms with Gasteiger partial charge >= 0.3 is 6.18 Å². The summed E-state index contributed by atoms with van der Waals surface area (Å²) in [5, 5.41) is 5.88. The van der Waals surface area contributed by atoms with Gasteiger partial charge in [0.2, 0.25) is 21.9 Å². The van der Waals surface area contributed by atoms with Gasteiger partial charge in [0, 0.05) is 18.7 Å². The van der Waals surface area contributed by atoms with Crippen molar-refractivity contribution in [1.29, 1.82) is 0 Å². The third-order valence-corrected chi connectivity index (χ3v) is 9.72. The first-order valence-corrected chi connectivity index (χ1v) is 16.4. The van der Waals surface area contributed by atoms with Crippen LogP contribution < -0.4 is 20.1 Å². The van der Waals surface area contributed by atoms with Crippen molar-refractivity contribution in [1.82, 2.24) is 19.6 Å². The van der Waals surface area contributed by atoms with E-state index >= 15 is 0 Å². The molecule has 0 aliphatic carbocycles. The second-order valence-electron chi connectivity index (χ2n) is 11.0. The Morgan fingerprint density at radius 2 is 1.67 bits per heavy atom. The van der Waals surface area contributed by atoms with Crippen LogP contribution in [0.5, 0.6) is 11.5 Å². The Hall–Kier alpha value is -4.76. The lowest BCUT2D eigenvalue weighted by Crippen LogP contribution is -2.45. The Morgan fingerprint density at radius 1 is 0.958 bits per heavy atom. The van der Waals surface area contributed by atoms with Crippen LogP contribution in [0.25, 0.3) is 11.3 Å². The Labute approximate surface area is 275 Å². The van der Waals surface area contributed by atoms with Crippen molar-refractivity contribution in [3.05, 3.63) is 95.4 Å². The number of nitrogens with zero attached hydrogens (tertiary/aromatic N) is 3. The van der Waals surface area contributed by atoms with Gasteiger partial charge in [-0.15, -0.1) is 0 Å². The lowest BCUT2D eigenvalue weighted by atomic mass is 10.1. The van der Waals surface area contributed by atoms with Gasteiger partial charge in [-0.2, -0.15) is 17.5 Å². The summed E-state index contributed by atoms with van der Waals surface area (Å²) in [6.45, 7) is 0.397. The Bertz CT molecular complexity index is 1860. The molecule has 1 aliphatic rings. The smallest absolute Gasteiger partial charge is 0.416 e. The SMILES string of the molecule is COc1ccc(CCNc2nc(CNC(=O)[C@@H]3CCCN3S(=O)(=O)c3ccc(F)cc3)cc(-c3ccc(C(F)(F)F)cc3)n2)cc1OC. The van der Waals surface area contributed by atoms with E-state index in [9.17, 15) is 30.8 Å². The number of carbonyl (C=O) groups excluding carboxylic acids is 1. The summed E-state index contributed by atoms with van der Waals surface area (Å²) in [7, 11) is -0.984. The van der Waals surface area contributed by atoms with Crippen molar-refractivity contribution in [3.8, 4) is 22.8 Å². The van der Waals surface area contributed by atoms with Crippen LogP contribution in [-0.2, 0) is 34.0 Å². The molecule has 0 unspecified atom stereocenters. The summed E-state index contributed by atoms with van der Waals surface area (Å²) < 4.78 is 91.2. The molecular formula is C33H33F4N5O5S. The van der Waals surface area contributed by atoms with E-state index in [1.807, 2.05) is 12.1 Å². The summed E-state index contributed by atoms with van der Waals surface area (Å²) in [6.07, 6.45) is -3.22. The average Bonchev–Trinajstić information content (AvgIpc) is 3.58. The number of aromatic nitrogens is 2. The summed E-state index contributed by atoms with van der Waals surface area (Å²) in [5.74, 6) is 0.205. The number of amides is 1. The number of sulfonamides is 1. The fraction of sp³-hybridized carbons (Fsp3) is 0.303. The first-order chi connectivity index (χ1) is 22.9. The number of alkyl halides is 3. The molecular weight excluding hydrogens is 654 g/mol. The first kappa shape index (κ1) is 34.6. The molecule has 0 bridgehead atoms. The number of hydrogen-bond acceptors (Lipinski definition) is 8. The molecule has 1 saturated heterocycles. The van der Waals surface area contributed by atoms with E-state index in [0.29, 0.717) is 47.8 Å². The topological polar surface area (TPSA) is 123 Å². The number of rotatable bonds is 12. The average molecular weight is 688 g/mol. The fourth-order valence-corrected chi connectivity index (χ4v) is 6.98. The minimum atomic E-state index is -4.51. The molecule has 0 spiro atoms. The zero-order valence-electron chi connectivity index (χ0n) is 26.1. The summed E-state index contributed by atoms with van der Waals surface area (Å²) >= 11 is 0. The van der Waals surface area contributed by atoms with Crippen molar-refractivity contribution < 1.29 is 40.2 Å². The number of benzene rings is 3. The van der Waals surface area contributed by atoms with E-state index in [1.165, 1.54) is 19.2 Å². The molecule has 254 valence electrons. The molecule has 5 rings (SSSR count). The molecule has 10 nitrogen and oxygen atoms in total. The van der Waals surface area contributed by atoms with Crippen LogP contribution in [0.1, 0.15) is 29.7 Å². The molecule has 0 saturated carbocycles. The molecule has 1 aromatic heterocycles. The fourth-order valence-electron chi connectivity index (χ4n) is 5.33. The molecule has 1 fully saturated rings. The number of carbonyl (C=O) groups is 1. The third-order valence-electron chi connectivity index (χ3n) is 7.80. The summed E-state index contributed by atoms with van der Waals surface area (Å²) in [5.41, 5.74) is 1.18. The Kier molecular flexibility index (Phi) is 10.5. The highest BCUT2D eigenvalue weighted by Crippen LogP contribution is 2.32. The van der Waals surface area contributed by atoms with Crippen molar-refractivity contribution in [2.45, 2.75) is 42.9 Å². The number of methoxy groups -OCH3 is 2. The Balaban J connectivity index is 1.34. The van der Waals surface area contributed by atoms with Gasteiger partial charge in [0.25, 0.3) is 0 Å². The molecule has 15 heteroatoms. The van der Waals surface area contributed by atoms with Crippen molar-refractivity contribution in [3.63, 3.8) is 0 Å². The van der Waals surface area contributed by atoms with E-state index in [-0.39, 0.29) is 30.4 Å². The van der Waals surface area contributed by atoms with Gasteiger partial charge in [-0.05, 0) is 79.4 Å². The molecule has 1 amide bonds. The van der Waals surface area contributed by atoms with Gasteiger partial charge in [-0.25, -0.2) is 22.8 Å². The molecule has 2 heterocycles. The van der Waals surface area contributed by atoms with Crippen LogP contribution in [0.4, 0.5) is 23.5 Å². The maximum Gasteiger partial charge on any atom is 0.416 e. The van der Waals surface area contributed by atoms with Crippen molar-refractivity contribution in [2.24, 2.45) is 0 Å². The standard InChI is InChI=1S/C33H33F4N5O5S/c1-46-29-14-5-21(18-30(29)47-2)15-16-38-32-40-25(19-27(41-32)22-6-8-23(9-7-22)33(35,36)37)20-39-31(43)28-4-3-17-42(28)48(44,45)26-12-10-24(34)11-13-26/h5-14,18-19,28H,3-4,15-17,20H2,1-2H3,(H,39,43)(H,38,40,41)/t28-/m0/s1. The van der Waals surface area contributed by atoms with Gasteiger partial charge in [0.15, 0.2) is 11.5 Å². The monoisotopic (exact) mass is 687 g/mol. The predicted octanol–water partition coefficient (Wildman–Crippen LogP) is 5.44. The largest absolute Gasteiger partial charge is 0.493 e. The maximum absolute atomic E-state index is 13.4. The summed E-state index contributed by atoms with van der Waals surface area (Å²) in [6, 6.07) is 15.0. The quantitative estimate of drug-likeness (QED) is 0.189. The van der Waals surface area contributed by atoms with Crippen LogP contribution in [-0.4, -0.2) is 61.9 Å². The molecule has 0 radical (unpaired) electrons. The van der Waals surface area contributed by atoms with E-state index in [1.54, 1.807) is 19.2 Å². The van der Waals surface area contributed by atoms with Crippen LogP contribution >= 0.6 is 0 Å². The molecule has 1 atom stereocenters. The second-order valence-corrected chi connectivity index (χ2v) is 12.8. The molecule has 2 N–H and O–H groups in total. The number of nitrogens with one attached hydrogen (secondary N) is 2. The molecule has 4 aromatic rings. The maximum atomic E-state index is 13.4. The third kappa shape index (κ3) is 8.02. The Morgan fingerprint density at radius 3 is 2.33 bits per heavy atom. The van der Waals surface area contributed by atoms with Crippen LogP contribution in [0.15, 0.2) is 77.7 Å². The zero-order chi connectivity index (χ0) is 34.5. The van der Waals surface area contributed by atoms with Crippen molar-refractivity contribution >= 4 is 21.9 Å². The lowest BCUT2D eigenvalue weighted by molar-refractivity contribution is -0.137. The summed E-state index contributed by atoms with van der Waals surface area (Å²) in [4.78, 5) is 22.2. The van der Waals surface area contributed by atoms with Crippen LogP contribution in [0, 0.1) is 5.82 Å². The number of anilines is 1. The molecule has 48 heavy (non-hydrogen) atoms. The molecule has 1 aliphatic heterocycles. The highest BCUT2D eigenvalue weighted by atomic mass is 32.2. The van der Waals surface area contributed by atoms with E-state index < -0.39 is 39.5 Å². The lowest BCUT2D eigenvalue weighted by Gasteiger charge is -2.23.